The molecule has 0 aromatic heterocycles. The topological polar surface area (TPSA) is 23.5 Å². The summed E-state index contributed by atoms with van der Waals surface area (Å²) in [5.41, 5.74) is 1.15. The van der Waals surface area contributed by atoms with E-state index in [1.807, 2.05) is 49.3 Å². The third kappa shape index (κ3) is 2.88. The van der Waals surface area contributed by atoms with Crippen LogP contribution in [0.2, 0.25) is 0 Å². The van der Waals surface area contributed by atoms with Crippen molar-refractivity contribution < 1.29 is 5.11 Å². The highest BCUT2D eigenvalue weighted by atomic mass is 16.2. The number of nitrogens with zero attached hydrogens (tertiary/aromatic N) is 1. The molecular weight excluding hydrogens is 174 g/mol. The summed E-state index contributed by atoms with van der Waals surface area (Å²) in [6.45, 7) is -0.0861. The van der Waals surface area contributed by atoms with Gasteiger partial charge in [0.2, 0.25) is 0 Å². The highest BCUT2D eigenvalue weighted by molar-refractivity contribution is 5.26. The first kappa shape index (κ1) is 10.8. The molecule has 0 saturated carbocycles. The molecule has 1 atom stereocenters. The molecule has 14 heavy (non-hydrogen) atoms. The summed E-state index contributed by atoms with van der Waals surface area (Å²) in [6, 6.07) is 10.1. The van der Waals surface area contributed by atoms with Gasteiger partial charge in [0.15, 0.2) is 0 Å². The smallest absolute Gasteiger partial charge is 0.104 e. The minimum absolute atomic E-state index is 0.0587. The van der Waals surface area contributed by atoms with Crippen molar-refractivity contribution >= 4 is 0 Å². The zero-order chi connectivity index (χ0) is 10.4. The summed E-state index contributed by atoms with van der Waals surface area (Å²) in [7, 11) is 3.95. The second-order valence-corrected chi connectivity index (χ2v) is 3.26. The molecule has 0 aliphatic carbocycles. The molecule has 1 aromatic rings. The largest absolute Gasteiger partial charge is 0.384 e. The second-order valence-electron chi connectivity index (χ2n) is 3.26. The zero-order valence-electron chi connectivity index (χ0n) is 8.57. The predicted octanol–water partition coefficient (Wildman–Crippen LogP) is 1.28. The quantitative estimate of drug-likeness (QED) is 0.708. The van der Waals surface area contributed by atoms with Crippen LogP contribution in [0.4, 0.5) is 0 Å². The van der Waals surface area contributed by atoms with E-state index in [0.717, 1.165) is 5.56 Å². The van der Waals surface area contributed by atoms with Gasteiger partial charge in [0.25, 0.3) is 0 Å². The fraction of sp³-hybridized carbons (Fsp3) is 0.333. The molecule has 0 saturated heterocycles. The molecular formula is C12H15NO. The number of hydrogen-bond donors (Lipinski definition) is 1. The van der Waals surface area contributed by atoms with Gasteiger partial charge in [-0.25, -0.2) is 0 Å². The molecule has 0 bridgehead atoms. The Morgan fingerprint density at radius 1 is 1.29 bits per heavy atom. The van der Waals surface area contributed by atoms with E-state index in [4.69, 9.17) is 5.11 Å². The normalized spacial score (nSPS) is 12.0. The van der Waals surface area contributed by atoms with Gasteiger partial charge in [0.05, 0.1) is 6.04 Å². The van der Waals surface area contributed by atoms with Crippen molar-refractivity contribution in [2.45, 2.75) is 6.04 Å². The van der Waals surface area contributed by atoms with Crippen LogP contribution in [-0.2, 0) is 0 Å². The van der Waals surface area contributed by atoms with Crippen molar-refractivity contribution in [1.29, 1.82) is 0 Å². The van der Waals surface area contributed by atoms with E-state index >= 15 is 0 Å². The van der Waals surface area contributed by atoms with Gasteiger partial charge in [-0.05, 0) is 19.7 Å². The molecule has 74 valence electrons. The standard InChI is InChI=1S/C12H15NO/c1-13(2)12(9-6-10-14)11-7-4-3-5-8-11/h3-5,7-8,12,14H,10H2,1-2H3/t12-/m1/s1. The van der Waals surface area contributed by atoms with Gasteiger partial charge >= 0.3 is 0 Å². The van der Waals surface area contributed by atoms with Crippen LogP contribution in [0.3, 0.4) is 0 Å². The lowest BCUT2D eigenvalue weighted by molar-refractivity contribution is 0.345. The van der Waals surface area contributed by atoms with Gasteiger partial charge in [0.1, 0.15) is 6.61 Å². The summed E-state index contributed by atoms with van der Waals surface area (Å²) in [5, 5.41) is 8.65. The lowest BCUT2D eigenvalue weighted by atomic mass is 10.1. The molecule has 0 unspecified atom stereocenters. The Hall–Kier alpha value is -1.30. The maximum absolute atomic E-state index is 8.65. The van der Waals surface area contributed by atoms with Crippen LogP contribution < -0.4 is 0 Å². The third-order valence-electron chi connectivity index (χ3n) is 1.95. The van der Waals surface area contributed by atoms with E-state index in [-0.39, 0.29) is 12.6 Å². The Labute approximate surface area is 85.2 Å². The van der Waals surface area contributed by atoms with Crippen LogP contribution in [-0.4, -0.2) is 30.7 Å². The number of hydrogen-bond acceptors (Lipinski definition) is 2. The molecule has 1 N–H and O–H groups in total. The first-order chi connectivity index (χ1) is 6.75. The molecule has 0 amide bonds. The number of aliphatic hydroxyl groups excluding tert-OH is 1. The summed E-state index contributed by atoms with van der Waals surface area (Å²) in [6.07, 6.45) is 0. The van der Waals surface area contributed by atoms with Crippen molar-refractivity contribution in [2.24, 2.45) is 0 Å². The van der Waals surface area contributed by atoms with Crippen molar-refractivity contribution in [3.8, 4) is 11.8 Å². The van der Waals surface area contributed by atoms with Gasteiger partial charge in [-0.15, -0.1) is 0 Å². The molecule has 2 nitrogen and oxygen atoms in total. The van der Waals surface area contributed by atoms with Gasteiger partial charge in [0, 0.05) is 0 Å². The summed E-state index contributed by atoms with van der Waals surface area (Å²) >= 11 is 0. The average Bonchev–Trinajstić information content (AvgIpc) is 2.19. The van der Waals surface area contributed by atoms with Gasteiger partial charge in [-0.1, -0.05) is 42.2 Å². The second kappa shape index (κ2) is 5.43. The zero-order valence-corrected chi connectivity index (χ0v) is 8.57. The molecule has 1 rings (SSSR count). The minimum atomic E-state index is -0.0861. The highest BCUT2D eigenvalue weighted by Crippen LogP contribution is 2.16. The van der Waals surface area contributed by atoms with Crippen LogP contribution in [0.5, 0.6) is 0 Å². The first-order valence-electron chi connectivity index (χ1n) is 4.56. The lowest BCUT2D eigenvalue weighted by Crippen LogP contribution is -2.18. The van der Waals surface area contributed by atoms with Crippen LogP contribution in [0.25, 0.3) is 0 Å². The summed E-state index contributed by atoms with van der Waals surface area (Å²) in [5.74, 6) is 5.70. The van der Waals surface area contributed by atoms with Crippen molar-refractivity contribution in [1.82, 2.24) is 4.90 Å². The van der Waals surface area contributed by atoms with Crippen LogP contribution in [0.15, 0.2) is 30.3 Å². The molecule has 0 aliphatic heterocycles. The molecule has 0 fully saturated rings. The Morgan fingerprint density at radius 2 is 1.93 bits per heavy atom. The van der Waals surface area contributed by atoms with E-state index in [2.05, 4.69) is 11.8 Å². The fourth-order valence-electron chi connectivity index (χ4n) is 1.29. The fourth-order valence-corrected chi connectivity index (χ4v) is 1.29. The van der Waals surface area contributed by atoms with Crippen molar-refractivity contribution in [2.75, 3.05) is 20.7 Å². The summed E-state index contributed by atoms with van der Waals surface area (Å²) in [4.78, 5) is 2.03. The van der Waals surface area contributed by atoms with Crippen molar-refractivity contribution in [3.63, 3.8) is 0 Å². The lowest BCUT2D eigenvalue weighted by Gasteiger charge is -2.18. The Bertz CT molecular complexity index is 321. The molecule has 0 aliphatic rings. The van der Waals surface area contributed by atoms with E-state index in [9.17, 15) is 0 Å². The third-order valence-corrected chi connectivity index (χ3v) is 1.95. The number of aliphatic hydroxyl groups is 1. The van der Waals surface area contributed by atoms with Crippen molar-refractivity contribution in [3.05, 3.63) is 35.9 Å². The monoisotopic (exact) mass is 189 g/mol. The molecule has 2 heteroatoms. The van der Waals surface area contributed by atoms with Gasteiger partial charge < -0.3 is 5.11 Å². The molecule has 0 heterocycles. The minimum Gasteiger partial charge on any atom is -0.384 e. The Balaban J connectivity index is 2.89. The SMILES string of the molecule is CN(C)[C@H](C#CCO)c1ccccc1. The van der Waals surface area contributed by atoms with E-state index in [1.54, 1.807) is 0 Å². The average molecular weight is 189 g/mol. The predicted molar refractivity (Wildman–Crippen MR) is 57.7 cm³/mol. The van der Waals surface area contributed by atoms with Gasteiger partial charge in [-0.2, -0.15) is 0 Å². The Morgan fingerprint density at radius 3 is 2.43 bits per heavy atom. The van der Waals surface area contributed by atoms with Gasteiger partial charge in [-0.3, -0.25) is 4.90 Å². The number of rotatable bonds is 2. The number of benzene rings is 1. The Kier molecular flexibility index (Phi) is 4.18. The maximum Gasteiger partial charge on any atom is 0.104 e. The highest BCUT2D eigenvalue weighted by Gasteiger charge is 2.09. The molecule has 0 radical (unpaired) electrons. The van der Waals surface area contributed by atoms with E-state index in [0.29, 0.717) is 0 Å². The molecule has 1 aromatic carbocycles. The van der Waals surface area contributed by atoms with E-state index in [1.165, 1.54) is 0 Å². The van der Waals surface area contributed by atoms with Crippen LogP contribution >= 0.6 is 0 Å². The maximum atomic E-state index is 8.65. The van der Waals surface area contributed by atoms with E-state index < -0.39 is 0 Å². The molecule has 0 spiro atoms. The summed E-state index contributed by atoms with van der Waals surface area (Å²) < 4.78 is 0. The van der Waals surface area contributed by atoms with Crippen LogP contribution in [0, 0.1) is 11.8 Å². The van der Waals surface area contributed by atoms with Crippen LogP contribution in [0.1, 0.15) is 11.6 Å². The first-order valence-corrected chi connectivity index (χ1v) is 4.56.